The highest BCUT2D eigenvalue weighted by Gasteiger charge is 2.16. The van der Waals surface area contributed by atoms with Crippen molar-refractivity contribution in [3.8, 4) is 11.1 Å². The van der Waals surface area contributed by atoms with Crippen molar-refractivity contribution in [2.75, 3.05) is 39.6 Å². The molecule has 0 saturated carbocycles. The van der Waals surface area contributed by atoms with Crippen molar-refractivity contribution in [1.82, 2.24) is 4.90 Å². The van der Waals surface area contributed by atoms with Crippen LogP contribution in [0.5, 0.6) is 0 Å². The van der Waals surface area contributed by atoms with Crippen LogP contribution in [0.4, 0.5) is 5.69 Å². The number of nitrogens with one attached hydrogen (secondary N) is 1. The van der Waals surface area contributed by atoms with Crippen LogP contribution in [-0.4, -0.2) is 45.8 Å². The Morgan fingerprint density at radius 1 is 0.962 bits per heavy atom. The van der Waals surface area contributed by atoms with Gasteiger partial charge in [0.1, 0.15) is 0 Å². The van der Waals surface area contributed by atoms with Crippen molar-refractivity contribution in [2.45, 2.75) is 6.42 Å². The first-order valence-corrected chi connectivity index (χ1v) is 8.95. The van der Waals surface area contributed by atoms with Gasteiger partial charge in [0.05, 0.1) is 0 Å². The number of benzene rings is 2. The summed E-state index contributed by atoms with van der Waals surface area (Å²) < 4.78 is 0. The molecule has 0 amide bonds. The molecule has 134 valence electrons. The summed E-state index contributed by atoms with van der Waals surface area (Å²) in [5.41, 5.74) is 8.40. The molecule has 0 atom stereocenters. The first kappa shape index (κ1) is 18.2. The molecular formula is C23H27N3. The van der Waals surface area contributed by atoms with E-state index >= 15 is 0 Å². The van der Waals surface area contributed by atoms with E-state index in [1.807, 2.05) is 18.2 Å². The first-order valence-electron chi connectivity index (χ1n) is 8.95. The molecule has 3 heteroatoms. The van der Waals surface area contributed by atoms with Crippen molar-refractivity contribution in [1.29, 1.82) is 5.41 Å². The molecule has 1 aliphatic rings. The van der Waals surface area contributed by atoms with E-state index in [4.69, 9.17) is 5.41 Å². The van der Waals surface area contributed by atoms with Gasteiger partial charge in [0, 0.05) is 32.5 Å². The highest BCUT2D eigenvalue weighted by molar-refractivity contribution is 5.94. The summed E-state index contributed by atoms with van der Waals surface area (Å²) in [5.74, 6) is 0. The summed E-state index contributed by atoms with van der Waals surface area (Å²) in [6.07, 6.45) is 7.05. The zero-order valence-electron chi connectivity index (χ0n) is 16.1. The molecule has 1 N–H and O–H groups in total. The Morgan fingerprint density at radius 3 is 2.42 bits per heavy atom. The number of allylic oxidation sites excluding steroid dienone is 2. The van der Waals surface area contributed by atoms with Gasteiger partial charge >= 0.3 is 0 Å². The molecule has 1 aliphatic carbocycles. The van der Waals surface area contributed by atoms with Crippen LogP contribution in [0.1, 0.15) is 17.5 Å². The van der Waals surface area contributed by atoms with Crippen LogP contribution in [-0.2, 0) is 0 Å². The molecule has 2 aromatic rings. The topological polar surface area (TPSA) is 30.3 Å². The molecule has 26 heavy (non-hydrogen) atoms. The Kier molecular flexibility index (Phi) is 5.38. The summed E-state index contributed by atoms with van der Waals surface area (Å²) in [5, 5.41) is 7.80. The van der Waals surface area contributed by atoms with Crippen LogP contribution in [0, 0.1) is 5.41 Å². The van der Waals surface area contributed by atoms with Crippen molar-refractivity contribution >= 4 is 17.5 Å². The van der Waals surface area contributed by atoms with Crippen LogP contribution in [0.3, 0.4) is 0 Å². The standard InChI is InChI=1S/C23H27N3/c1-25(2)16-17-9-10-18(13-17)22-12-11-20(26(3)4)14-23(22)21-8-6-5-7-19(21)15-24/h5-9,11-15,24H,10,16H2,1-4H3. The second-order valence-corrected chi connectivity index (χ2v) is 7.25. The van der Waals surface area contributed by atoms with Gasteiger partial charge in [-0.1, -0.05) is 42.5 Å². The van der Waals surface area contributed by atoms with Gasteiger partial charge < -0.3 is 15.2 Å². The maximum Gasteiger partial charge on any atom is 0.0367 e. The number of hydrogen-bond acceptors (Lipinski definition) is 3. The van der Waals surface area contributed by atoms with Crippen molar-refractivity contribution < 1.29 is 0 Å². The fraction of sp³-hybridized carbons (Fsp3) is 0.261. The largest absolute Gasteiger partial charge is 0.378 e. The zero-order valence-corrected chi connectivity index (χ0v) is 16.1. The van der Waals surface area contributed by atoms with E-state index in [0.29, 0.717) is 0 Å². The van der Waals surface area contributed by atoms with Gasteiger partial charge in [-0.15, -0.1) is 0 Å². The number of nitrogens with zero attached hydrogens (tertiary/aromatic N) is 2. The molecule has 0 radical (unpaired) electrons. The lowest BCUT2D eigenvalue weighted by Crippen LogP contribution is -2.13. The van der Waals surface area contributed by atoms with Crippen LogP contribution in [0.15, 0.2) is 60.2 Å². The predicted molar refractivity (Wildman–Crippen MR) is 113 cm³/mol. The van der Waals surface area contributed by atoms with Gasteiger partial charge in [-0.05, 0) is 66.0 Å². The minimum atomic E-state index is 0.949. The maximum absolute atomic E-state index is 7.80. The van der Waals surface area contributed by atoms with Crippen LogP contribution in [0.25, 0.3) is 16.7 Å². The van der Waals surface area contributed by atoms with E-state index in [0.717, 1.165) is 24.1 Å². The second kappa shape index (κ2) is 7.71. The summed E-state index contributed by atoms with van der Waals surface area (Å²) in [6.45, 7) is 0.964. The second-order valence-electron chi connectivity index (χ2n) is 7.25. The lowest BCUT2D eigenvalue weighted by Gasteiger charge is -2.19. The Morgan fingerprint density at radius 2 is 1.73 bits per heavy atom. The molecule has 0 aliphatic heterocycles. The molecule has 2 aromatic carbocycles. The number of likely N-dealkylation sites (N-methyl/N-ethyl adjacent to an activating group) is 1. The van der Waals surface area contributed by atoms with Gasteiger partial charge in [0.15, 0.2) is 0 Å². The molecule has 0 aromatic heterocycles. The quantitative estimate of drug-likeness (QED) is 0.770. The third kappa shape index (κ3) is 3.78. The Bertz CT molecular complexity index is 873. The molecule has 3 rings (SSSR count). The van der Waals surface area contributed by atoms with Crippen LogP contribution >= 0.6 is 0 Å². The highest BCUT2D eigenvalue weighted by atomic mass is 15.1. The molecule has 0 heterocycles. The number of rotatable bonds is 6. The lowest BCUT2D eigenvalue weighted by atomic mass is 9.91. The normalized spacial score (nSPS) is 13.6. The van der Waals surface area contributed by atoms with E-state index in [-0.39, 0.29) is 0 Å². The smallest absolute Gasteiger partial charge is 0.0367 e. The summed E-state index contributed by atoms with van der Waals surface area (Å²) in [6, 6.07) is 14.8. The van der Waals surface area contributed by atoms with Gasteiger partial charge in [-0.3, -0.25) is 0 Å². The van der Waals surface area contributed by atoms with Gasteiger partial charge in [-0.2, -0.15) is 0 Å². The molecular weight excluding hydrogens is 318 g/mol. The van der Waals surface area contributed by atoms with Crippen molar-refractivity contribution in [2.24, 2.45) is 0 Å². The van der Waals surface area contributed by atoms with Gasteiger partial charge in [0.25, 0.3) is 0 Å². The average Bonchev–Trinajstić information content (AvgIpc) is 3.08. The Hall–Kier alpha value is -2.65. The van der Waals surface area contributed by atoms with E-state index < -0.39 is 0 Å². The number of hydrogen-bond donors (Lipinski definition) is 1. The average molecular weight is 345 g/mol. The van der Waals surface area contributed by atoms with E-state index in [1.165, 1.54) is 34.2 Å². The fourth-order valence-electron chi connectivity index (χ4n) is 3.43. The van der Waals surface area contributed by atoms with Gasteiger partial charge in [0.2, 0.25) is 0 Å². The minimum Gasteiger partial charge on any atom is -0.378 e. The summed E-state index contributed by atoms with van der Waals surface area (Å²) in [7, 11) is 8.33. The summed E-state index contributed by atoms with van der Waals surface area (Å²) in [4.78, 5) is 4.32. The third-order valence-electron chi connectivity index (χ3n) is 4.71. The van der Waals surface area contributed by atoms with Crippen LogP contribution in [0.2, 0.25) is 0 Å². The summed E-state index contributed by atoms with van der Waals surface area (Å²) >= 11 is 0. The van der Waals surface area contributed by atoms with Crippen molar-refractivity contribution in [3.63, 3.8) is 0 Å². The Balaban J connectivity index is 2.11. The first-order chi connectivity index (χ1) is 12.5. The maximum atomic E-state index is 7.80. The molecule has 0 unspecified atom stereocenters. The molecule has 0 bridgehead atoms. The fourth-order valence-corrected chi connectivity index (χ4v) is 3.43. The third-order valence-corrected chi connectivity index (χ3v) is 4.71. The van der Waals surface area contributed by atoms with E-state index in [2.05, 4.69) is 74.4 Å². The lowest BCUT2D eigenvalue weighted by molar-refractivity contribution is 0.449. The monoisotopic (exact) mass is 345 g/mol. The zero-order chi connectivity index (χ0) is 18.7. The highest BCUT2D eigenvalue weighted by Crippen LogP contribution is 2.37. The minimum absolute atomic E-state index is 0.949. The van der Waals surface area contributed by atoms with E-state index in [1.54, 1.807) is 0 Å². The van der Waals surface area contributed by atoms with Crippen LogP contribution < -0.4 is 4.90 Å². The molecule has 0 fully saturated rings. The molecule has 0 spiro atoms. The Labute approximate surface area is 156 Å². The number of anilines is 1. The SMILES string of the molecule is CN(C)CC1=CCC(c2ccc(N(C)C)cc2-c2ccccc2C=N)=C1. The van der Waals surface area contributed by atoms with E-state index in [9.17, 15) is 0 Å². The molecule has 0 saturated heterocycles. The van der Waals surface area contributed by atoms with Gasteiger partial charge in [-0.25, -0.2) is 0 Å². The predicted octanol–water partition coefficient (Wildman–Crippen LogP) is 4.69. The van der Waals surface area contributed by atoms with Crippen molar-refractivity contribution in [3.05, 3.63) is 71.3 Å². The molecule has 3 nitrogen and oxygen atoms in total.